The van der Waals surface area contributed by atoms with Gasteiger partial charge in [0.1, 0.15) is 39.3 Å². The van der Waals surface area contributed by atoms with Gasteiger partial charge in [0.25, 0.3) is 5.91 Å². The van der Waals surface area contributed by atoms with Crippen molar-refractivity contribution >= 4 is 11.6 Å². The zero-order valence-electron chi connectivity index (χ0n) is 14.1. The Hall–Kier alpha value is -1.85. The molecule has 1 aromatic carbocycles. The number of nitrogens with zero attached hydrogens (tertiary/aromatic N) is 2. The first kappa shape index (κ1) is 16.0. The zero-order valence-corrected chi connectivity index (χ0v) is 14.1. The summed E-state index contributed by atoms with van der Waals surface area (Å²) >= 11 is 0. The fraction of sp³-hybridized carbons (Fsp3) is 0.500. The van der Waals surface area contributed by atoms with Gasteiger partial charge in [-0.1, -0.05) is 18.7 Å². The highest BCUT2D eigenvalue weighted by molar-refractivity contribution is 5.91. The van der Waals surface area contributed by atoms with Crippen LogP contribution in [-0.2, 0) is 11.3 Å². The average molecular weight is 316 g/mol. The maximum absolute atomic E-state index is 12.4. The fourth-order valence-electron chi connectivity index (χ4n) is 3.67. The molecule has 2 N–H and O–H groups in total. The molecule has 0 aromatic heterocycles. The van der Waals surface area contributed by atoms with Crippen molar-refractivity contribution in [2.75, 3.05) is 58.2 Å². The smallest absolute Gasteiger partial charge is 0.279 e. The Labute approximate surface area is 138 Å². The molecule has 4 rings (SSSR count). The second-order valence-electron chi connectivity index (χ2n) is 7.29. The number of hydrogen-bond donors (Lipinski definition) is 2. The third-order valence-corrected chi connectivity index (χ3v) is 5.51. The van der Waals surface area contributed by atoms with Gasteiger partial charge in [0.2, 0.25) is 0 Å². The molecule has 1 amide bonds. The van der Waals surface area contributed by atoms with Crippen molar-refractivity contribution in [2.24, 2.45) is 0 Å². The van der Waals surface area contributed by atoms with Crippen LogP contribution in [0.25, 0.3) is 0 Å². The summed E-state index contributed by atoms with van der Waals surface area (Å²) in [5, 5.41) is 6.13. The van der Waals surface area contributed by atoms with Gasteiger partial charge >= 0.3 is 0 Å². The number of fused-ring (bicyclic) bond motifs is 3. The van der Waals surface area contributed by atoms with E-state index in [1.165, 1.54) is 29.7 Å². The maximum atomic E-state index is 12.4. The van der Waals surface area contributed by atoms with Gasteiger partial charge in [-0.25, -0.2) is 0 Å². The Morgan fingerprint density at radius 1 is 1.13 bits per heavy atom. The van der Waals surface area contributed by atoms with Crippen molar-refractivity contribution in [1.29, 1.82) is 0 Å². The number of piperazine rings is 3. The van der Waals surface area contributed by atoms with Crippen LogP contribution >= 0.6 is 0 Å². The molecule has 3 aliphatic rings. The summed E-state index contributed by atoms with van der Waals surface area (Å²) in [6, 6.07) is 8.00. The summed E-state index contributed by atoms with van der Waals surface area (Å²) < 4.78 is 2.17. The van der Waals surface area contributed by atoms with Crippen molar-refractivity contribution in [3.05, 3.63) is 42.6 Å². The Bertz CT molecular complexity index is 557. The van der Waals surface area contributed by atoms with Crippen molar-refractivity contribution in [3.63, 3.8) is 0 Å². The maximum Gasteiger partial charge on any atom is 0.279 e. The van der Waals surface area contributed by atoms with Crippen molar-refractivity contribution in [1.82, 2.24) is 5.32 Å². The second-order valence-corrected chi connectivity index (χ2v) is 7.29. The van der Waals surface area contributed by atoms with Crippen molar-refractivity contribution in [3.8, 4) is 0 Å². The standard InChI is InChI=1S/C18H27N4O/c1-3-19-14-16-4-6-17(7-5-16)20-18(23)15-22-11-8-21(2,9-12-22)10-13-22/h3-7,19H,1,8-15H2,2H3/q+1/p+1. The van der Waals surface area contributed by atoms with E-state index >= 15 is 0 Å². The summed E-state index contributed by atoms with van der Waals surface area (Å²) in [4.78, 5) is 12.4. The number of quaternary nitrogens is 2. The molecule has 0 radical (unpaired) electrons. The summed E-state index contributed by atoms with van der Waals surface area (Å²) in [6.07, 6.45) is 1.69. The molecule has 0 spiro atoms. The molecule has 5 heteroatoms. The normalized spacial score (nSPS) is 29.1. The average Bonchev–Trinajstić information content (AvgIpc) is 2.56. The predicted molar refractivity (Wildman–Crippen MR) is 92.6 cm³/mol. The minimum Gasteiger partial charge on any atom is -0.387 e. The third kappa shape index (κ3) is 3.74. The van der Waals surface area contributed by atoms with Crippen molar-refractivity contribution < 1.29 is 13.8 Å². The van der Waals surface area contributed by atoms with Gasteiger partial charge in [-0.2, -0.15) is 0 Å². The molecule has 5 nitrogen and oxygen atoms in total. The summed E-state index contributed by atoms with van der Waals surface area (Å²) in [7, 11) is 2.34. The van der Waals surface area contributed by atoms with Gasteiger partial charge in [-0.15, -0.1) is 0 Å². The van der Waals surface area contributed by atoms with Crippen LogP contribution in [0.3, 0.4) is 0 Å². The van der Waals surface area contributed by atoms with E-state index in [2.05, 4.69) is 24.3 Å². The lowest BCUT2D eigenvalue weighted by Crippen LogP contribution is -2.74. The van der Waals surface area contributed by atoms with Crippen LogP contribution in [0.1, 0.15) is 5.56 Å². The van der Waals surface area contributed by atoms with E-state index in [1.807, 2.05) is 24.3 Å². The van der Waals surface area contributed by atoms with E-state index in [0.29, 0.717) is 6.54 Å². The van der Waals surface area contributed by atoms with Crippen LogP contribution in [0.15, 0.2) is 37.0 Å². The molecule has 0 unspecified atom stereocenters. The monoisotopic (exact) mass is 316 g/mol. The van der Waals surface area contributed by atoms with Crippen LogP contribution in [0, 0.1) is 0 Å². The number of carbonyl (C=O) groups excluding carboxylic acids is 1. The van der Waals surface area contributed by atoms with E-state index in [4.69, 9.17) is 0 Å². The number of hydrogen-bond acceptors (Lipinski definition) is 2. The van der Waals surface area contributed by atoms with Crippen LogP contribution in [-0.4, -0.2) is 67.7 Å². The summed E-state index contributed by atoms with van der Waals surface area (Å²) in [5.41, 5.74) is 2.05. The summed E-state index contributed by atoms with van der Waals surface area (Å²) in [6.45, 7) is 12.0. The first-order chi connectivity index (χ1) is 11.0. The SMILES string of the molecule is C=CNCc1ccc(NC(=O)C[N+]23CC[N+](C)(CC2)CC3)cc1. The van der Waals surface area contributed by atoms with E-state index in [0.717, 1.165) is 36.3 Å². The van der Waals surface area contributed by atoms with E-state index in [1.54, 1.807) is 6.20 Å². The van der Waals surface area contributed by atoms with Crippen LogP contribution in [0.2, 0.25) is 0 Å². The number of nitrogens with one attached hydrogen (secondary N) is 2. The van der Waals surface area contributed by atoms with Crippen LogP contribution in [0.5, 0.6) is 0 Å². The first-order valence-corrected chi connectivity index (χ1v) is 8.44. The topological polar surface area (TPSA) is 41.1 Å². The number of anilines is 1. The number of carbonyl (C=O) groups is 1. The highest BCUT2D eigenvalue weighted by Crippen LogP contribution is 2.24. The van der Waals surface area contributed by atoms with Gasteiger partial charge in [0, 0.05) is 12.2 Å². The third-order valence-electron chi connectivity index (χ3n) is 5.51. The minimum absolute atomic E-state index is 0.139. The number of likely N-dealkylation sites (N-methyl/N-ethyl adjacent to an activating group) is 1. The van der Waals surface area contributed by atoms with Gasteiger partial charge in [-0.05, 0) is 23.9 Å². The molecule has 0 aliphatic carbocycles. The molecule has 1 aromatic rings. The molecule has 3 saturated heterocycles. The van der Waals surface area contributed by atoms with Crippen LogP contribution in [0.4, 0.5) is 5.69 Å². The van der Waals surface area contributed by atoms with Gasteiger partial charge < -0.3 is 19.6 Å². The lowest BCUT2D eigenvalue weighted by molar-refractivity contribution is -1.07. The molecule has 3 heterocycles. The predicted octanol–water partition coefficient (Wildman–Crippen LogP) is 1.15. The van der Waals surface area contributed by atoms with E-state index < -0.39 is 0 Å². The number of rotatable bonds is 6. The van der Waals surface area contributed by atoms with E-state index in [9.17, 15) is 4.79 Å². The van der Waals surface area contributed by atoms with Crippen molar-refractivity contribution in [2.45, 2.75) is 6.54 Å². The largest absolute Gasteiger partial charge is 0.387 e. The summed E-state index contributed by atoms with van der Waals surface area (Å²) in [5.74, 6) is 0.139. The van der Waals surface area contributed by atoms with Crippen LogP contribution < -0.4 is 10.6 Å². The molecule has 3 aliphatic heterocycles. The Morgan fingerprint density at radius 3 is 2.30 bits per heavy atom. The van der Waals surface area contributed by atoms with E-state index in [-0.39, 0.29) is 5.91 Å². The molecule has 2 bridgehead atoms. The van der Waals surface area contributed by atoms with Gasteiger partial charge in [0.15, 0.2) is 6.54 Å². The molecule has 3 fully saturated rings. The number of benzene rings is 1. The first-order valence-electron chi connectivity index (χ1n) is 8.44. The molecule has 0 atom stereocenters. The Morgan fingerprint density at radius 2 is 1.74 bits per heavy atom. The minimum atomic E-state index is 0.139. The quantitative estimate of drug-likeness (QED) is 0.773. The highest BCUT2D eigenvalue weighted by atomic mass is 16.2. The highest BCUT2D eigenvalue weighted by Gasteiger charge is 2.47. The Balaban J connectivity index is 1.54. The van der Waals surface area contributed by atoms with Gasteiger partial charge in [-0.3, -0.25) is 4.79 Å². The number of amides is 1. The lowest BCUT2D eigenvalue weighted by atomic mass is 10.1. The van der Waals surface area contributed by atoms with Gasteiger partial charge in [0.05, 0.1) is 7.05 Å². The zero-order chi connectivity index (χ0) is 16.3. The Kier molecular flexibility index (Phi) is 4.41. The molecular formula is C18H28N4O+2. The molecular weight excluding hydrogens is 288 g/mol. The second kappa shape index (κ2) is 6.34. The molecule has 23 heavy (non-hydrogen) atoms. The lowest BCUT2D eigenvalue weighted by Gasteiger charge is -2.53. The molecule has 0 saturated carbocycles. The molecule has 124 valence electrons. The fourth-order valence-corrected chi connectivity index (χ4v) is 3.67.